The average molecular weight is 313 g/mol. The fraction of sp³-hybridized carbons (Fsp3) is 0.500. The minimum Gasteiger partial charge on any atom is -0.358 e. The van der Waals surface area contributed by atoms with Gasteiger partial charge in [0.1, 0.15) is 0 Å². The van der Waals surface area contributed by atoms with Crippen LogP contribution in [-0.4, -0.2) is 28.8 Å². The van der Waals surface area contributed by atoms with E-state index in [2.05, 4.69) is 64.4 Å². The second kappa shape index (κ2) is 8.46. The minimum atomic E-state index is 0.557. The van der Waals surface area contributed by atoms with Crippen LogP contribution in [0.4, 0.5) is 17.5 Å². The van der Waals surface area contributed by atoms with Gasteiger partial charge in [-0.2, -0.15) is 10.1 Å². The third-order valence-electron chi connectivity index (χ3n) is 4.02. The first-order chi connectivity index (χ1) is 11.2. The zero-order valence-corrected chi connectivity index (χ0v) is 14.6. The van der Waals surface area contributed by atoms with Crippen LogP contribution in [-0.2, 0) is 12.8 Å². The molecule has 0 spiro atoms. The van der Waals surface area contributed by atoms with Gasteiger partial charge in [0.05, 0.1) is 6.20 Å². The number of anilines is 3. The van der Waals surface area contributed by atoms with Gasteiger partial charge in [0.25, 0.3) is 0 Å². The van der Waals surface area contributed by atoms with Crippen molar-refractivity contribution in [1.82, 2.24) is 15.2 Å². The Hall–Kier alpha value is -2.17. The summed E-state index contributed by atoms with van der Waals surface area (Å²) in [4.78, 5) is 6.73. The zero-order valence-electron chi connectivity index (χ0n) is 14.6. The lowest BCUT2D eigenvalue weighted by atomic mass is 10.0. The van der Waals surface area contributed by atoms with Gasteiger partial charge in [-0.3, -0.25) is 0 Å². The fourth-order valence-electron chi connectivity index (χ4n) is 2.56. The van der Waals surface area contributed by atoms with Crippen LogP contribution in [0.1, 0.15) is 44.7 Å². The Morgan fingerprint density at radius 3 is 2.39 bits per heavy atom. The highest BCUT2D eigenvalue weighted by Gasteiger charge is 2.10. The van der Waals surface area contributed by atoms with Crippen LogP contribution in [0.15, 0.2) is 24.4 Å². The van der Waals surface area contributed by atoms with E-state index in [4.69, 9.17) is 0 Å². The van der Waals surface area contributed by atoms with Crippen LogP contribution in [0.3, 0.4) is 0 Å². The summed E-state index contributed by atoms with van der Waals surface area (Å²) in [7, 11) is 2.04. The summed E-state index contributed by atoms with van der Waals surface area (Å²) in [5, 5.41) is 11.6. The van der Waals surface area contributed by atoms with Gasteiger partial charge < -0.3 is 10.2 Å². The molecule has 0 radical (unpaired) electrons. The molecule has 1 heterocycles. The highest BCUT2D eigenvalue weighted by Crippen LogP contribution is 2.25. The Bertz CT molecular complexity index is 604. The quantitative estimate of drug-likeness (QED) is 0.799. The Kier molecular flexibility index (Phi) is 6.32. The van der Waals surface area contributed by atoms with Crippen LogP contribution in [0, 0.1) is 0 Å². The van der Waals surface area contributed by atoms with Crippen molar-refractivity contribution in [3.05, 3.63) is 35.5 Å². The van der Waals surface area contributed by atoms with Crippen molar-refractivity contribution in [2.24, 2.45) is 0 Å². The number of hydrogen-bond donors (Lipinski definition) is 1. The number of para-hydroxylation sites is 1. The molecular formula is C18H27N5. The molecule has 2 aromatic rings. The summed E-state index contributed by atoms with van der Waals surface area (Å²) in [5.74, 6) is 1.41. The van der Waals surface area contributed by atoms with Gasteiger partial charge in [-0.15, -0.1) is 5.10 Å². The third-order valence-corrected chi connectivity index (χ3v) is 4.02. The lowest BCUT2D eigenvalue weighted by Crippen LogP contribution is -2.20. The van der Waals surface area contributed by atoms with Gasteiger partial charge in [0.2, 0.25) is 5.95 Å². The van der Waals surface area contributed by atoms with Crippen LogP contribution in [0.2, 0.25) is 0 Å². The van der Waals surface area contributed by atoms with Crippen molar-refractivity contribution >= 4 is 17.5 Å². The Morgan fingerprint density at radius 2 is 1.78 bits per heavy atom. The van der Waals surface area contributed by atoms with E-state index in [0.29, 0.717) is 5.95 Å². The van der Waals surface area contributed by atoms with Gasteiger partial charge in [0, 0.05) is 19.3 Å². The largest absolute Gasteiger partial charge is 0.358 e. The van der Waals surface area contributed by atoms with E-state index in [9.17, 15) is 0 Å². The van der Waals surface area contributed by atoms with Gasteiger partial charge in [-0.25, -0.2) is 0 Å². The van der Waals surface area contributed by atoms with Crippen molar-refractivity contribution in [1.29, 1.82) is 0 Å². The number of hydrogen-bond acceptors (Lipinski definition) is 5. The van der Waals surface area contributed by atoms with Gasteiger partial charge in [-0.05, 0) is 30.4 Å². The lowest BCUT2D eigenvalue weighted by Gasteiger charge is -2.18. The van der Waals surface area contributed by atoms with Crippen LogP contribution >= 0.6 is 0 Å². The standard InChI is InChI=1S/C18H27N5/c1-5-8-12-23(4)16-13-19-22-18(20-16)21-17-14(6-2)10-9-11-15(17)7-3/h9-11,13H,5-8,12H2,1-4H3,(H,20,21,22). The average Bonchev–Trinajstić information content (AvgIpc) is 2.60. The number of rotatable bonds is 8. The molecule has 5 heteroatoms. The first-order valence-electron chi connectivity index (χ1n) is 8.48. The third kappa shape index (κ3) is 4.41. The first-order valence-corrected chi connectivity index (χ1v) is 8.48. The van der Waals surface area contributed by atoms with E-state index < -0.39 is 0 Å². The predicted molar refractivity (Wildman–Crippen MR) is 96.5 cm³/mol. The molecule has 2 rings (SSSR count). The van der Waals surface area contributed by atoms with Gasteiger partial charge in [0.15, 0.2) is 5.82 Å². The fourth-order valence-corrected chi connectivity index (χ4v) is 2.56. The number of nitrogens with zero attached hydrogens (tertiary/aromatic N) is 4. The molecule has 0 saturated heterocycles. The van der Waals surface area contributed by atoms with Crippen LogP contribution < -0.4 is 10.2 Å². The van der Waals surface area contributed by atoms with E-state index in [1.54, 1.807) is 6.20 Å². The minimum absolute atomic E-state index is 0.557. The summed E-state index contributed by atoms with van der Waals surface area (Å²) >= 11 is 0. The molecular weight excluding hydrogens is 286 g/mol. The Morgan fingerprint density at radius 1 is 1.09 bits per heavy atom. The molecule has 0 aliphatic heterocycles. The molecule has 23 heavy (non-hydrogen) atoms. The van der Waals surface area contributed by atoms with Crippen LogP contribution in [0.25, 0.3) is 0 Å². The Labute approximate surface area is 139 Å². The number of nitrogens with one attached hydrogen (secondary N) is 1. The van der Waals surface area contributed by atoms with Gasteiger partial charge >= 0.3 is 0 Å². The van der Waals surface area contributed by atoms with E-state index >= 15 is 0 Å². The number of unbranched alkanes of at least 4 members (excludes halogenated alkanes) is 1. The Balaban J connectivity index is 2.24. The second-order valence-electron chi connectivity index (χ2n) is 5.70. The molecule has 0 bridgehead atoms. The van der Waals surface area contributed by atoms with Crippen molar-refractivity contribution < 1.29 is 0 Å². The maximum absolute atomic E-state index is 4.61. The maximum Gasteiger partial charge on any atom is 0.249 e. The summed E-state index contributed by atoms with van der Waals surface area (Å²) in [6.45, 7) is 7.48. The molecule has 1 aromatic carbocycles. The molecule has 0 atom stereocenters. The van der Waals surface area contributed by atoms with Crippen molar-refractivity contribution in [2.45, 2.75) is 46.5 Å². The smallest absolute Gasteiger partial charge is 0.249 e. The number of benzene rings is 1. The molecule has 1 aromatic heterocycles. The SMILES string of the molecule is CCCCN(C)c1cnnc(Nc2c(CC)cccc2CC)n1. The molecule has 0 aliphatic carbocycles. The highest BCUT2D eigenvalue weighted by atomic mass is 15.3. The molecule has 0 amide bonds. The van der Waals surface area contributed by atoms with Crippen LogP contribution in [0.5, 0.6) is 0 Å². The topological polar surface area (TPSA) is 53.9 Å². The maximum atomic E-state index is 4.61. The molecule has 0 unspecified atom stereocenters. The van der Waals surface area contributed by atoms with E-state index in [0.717, 1.165) is 43.7 Å². The molecule has 124 valence electrons. The zero-order chi connectivity index (χ0) is 16.7. The van der Waals surface area contributed by atoms with Crippen molar-refractivity contribution in [3.8, 4) is 0 Å². The summed E-state index contributed by atoms with van der Waals surface area (Å²) < 4.78 is 0. The first kappa shape index (κ1) is 17.2. The van der Waals surface area contributed by atoms with Gasteiger partial charge in [-0.1, -0.05) is 45.4 Å². The lowest BCUT2D eigenvalue weighted by molar-refractivity contribution is 0.754. The van der Waals surface area contributed by atoms with Crippen molar-refractivity contribution in [3.63, 3.8) is 0 Å². The predicted octanol–water partition coefficient (Wildman–Crippen LogP) is 3.98. The molecule has 1 N–H and O–H groups in total. The number of aryl methyl sites for hydroxylation is 2. The van der Waals surface area contributed by atoms with E-state index in [1.807, 2.05) is 7.05 Å². The second-order valence-corrected chi connectivity index (χ2v) is 5.70. The normalized spacial score (nSPS) is 10.6. The number of aromatic nitrogens is 3. The monoisotopic (exact) mass is 313 g/mol. The summed E-state index contributed by atoms with van der Waals surface area (Å²) in [6, 6.07) is 6.40. The summed E-state index contributed by atoms with van der Waals surface area (Å²) in [5.41, 5.74) is 3.67. The van der Waals surface area contributed by atoms with E-state index in [1.165, 1.54) is 11.1 Å². The molecule has 5 nitrogen and oxygen atoms in total. The summed E-state index contributed by atoms with van der Waals surface area (Å²) in [6.07, 6.45) is 5.96. The molecule has 0 saturated carbocycles. The van der Waals surface area contributed by atoms with E-state index in [-0.39, 0.29) is 0 Å². The molecule has 0 aliphatic rings. The van der Waals surface area contributed by atoms with Crippen molar-refractivity contribution in [2.75, 3.05) is 23.8 Å². The highest BCUT2D eigenvalue weighted by molar-refractivity contribution is 5.64. The molecule has 0 fully saturated rings.